The average molecular weight is 364 g/mol. The van der Waals surface area contributed by atoms with E-state index in [1.54, 1.807) is 0 Å². The summed E-state index contributed by atoms with van der Waals surface area (Å²) in [4.78, 5) is 23.0. The van der Waals surface area contributed by atoms with Crippen LogP contribution in [0.5, 0.6) is 0 Å². The number of amides is 2. The van der Waals surface area contributed by atoms with Crippen molar-refractivity contribution in [1.29, 1.82) is 0 Å². The van der Waals surface area contributed by atoms with Crippen LogP contribution < -0.4 is 5.32 Å². The van der Waals surface area contributed by atoms with E-state index in [4.69, 9.17) is 0 Å². The van der Waals surface area contributed by atoms with E-state index in [-0.39, 0.29) is 11.8 Å². The highest BCUT2D eigenvalue weighted by Crippen LogP contribution is 2.28. The fraction of sp³-hybridized carbons (Fsp3) is 0.826. The van der Waals surface area contributed by atoms with Gasteiger partial charge in [-0.05, 0) is 19.8 Å². The Morgan fingerprint density at radius 2 is 1.27 bits per heavy atom. The van der Waals surface area contributed by atoms with Gasteiger partial charge in [-0.25, -0.2) is 0 Å². The maximum absolute atomic E-state index is 11.7. The SMILES string of the molecule is CCCCCCCCCCCCCCCCC=CC1(C)CC(=O)NC1=O. The van der Waals surface area contributed by atoms with Crippen molar-refractivity contribution in [2.45, 2.75) is 117 Å². The molecule has 1 fully saturated rings. The molecule has 1 aliphatic heterocycles. The van der Waals surface area contributed by atoms with Gasteiger partial charge in [-0.15, -0.1) is 0 Å². The Hall–Kier alpha value is -1.12. The molecule has 26 heavy (non-hydrogen) atoms. The van der Waals surface area contributed by atoms with E-state index in [1.807, 2.05) is 13.0 Å². The van der Waals surface area contributed by atoms with Crippen molar-refractivity contribution in [3.05, 3.63) is 12.2 Å². The molecule has 1 rings (SSSR count). The summed E-state index contributed by atoms with van der Waals surface area (Å²) in [6.07, 6.45) is 24.5. The van der Waals surface area contributed by atoms with Crippen LogP contribution in [0, 0.1) is 5.41 Å². The van der Waals surface area contributed by atoms with Gasteiger partial charge < -0.3 is 0 Å². The Bertz CT molecular complexity index is 430. The van der Waals surface area contributed by atoms with Crippen LogP contribution in [0.3, 0.4) is 0 Å². The first-order chi connectivity index (χ1) is 12.6. The first kappa shape index (κ1) is 22.9. The molecule has 3 heteroatoms. The molecule has 0 spiro atoms. The van der Waals surface area contributed by atoms with Crippen molar-refractivity contribution in [2.24, 2.45) is 5.41 Å². The fourth-order valence-electron chi connectivity index (χ4n) is 3.66. The van der Waals surface area contributed by atoms with Crippen LogP contribution >= 0.6 is 0 Å². The van der Waals surface area contributed by atoms with E-state index in [9.17, 15) is 9.59 Å². The number of carbonyl (C=O) groups excluding carboxylic acids is 2. The quantitative estimate of drug-likeness (QED) is 0.194. The number of nitrogens with one attached hydrogen (secondary N) is 1. The van der Waals surface area contributed by atoms with Gasteiger partial charge in [0, 0.05) is 6.42 Å². The van der Waals surface area contributed by atoms with E-state index >= 15 is 0 Å². The second-order valence-electron chi connectivity index (χ2n) is 8.26. The average Bonchev–Trinajstić information content (AvgIpc) is 2.86. The van der Waals surface area contributed by atoms with E-state index < -0.39 is 5.41 Å². The number of hydrogen-bond donors (Lipinski definition) is 1. The first-order valence-corrected chi connectivity index (χ1v) is 11.1. The molecule has 1 atom stereocenters. The van der Waals surface area contributed by atoms with E-state index in [1.165, 1.54) is 89.9 Å². The summed E-state index contributed by atoms with van der Waals surface area (Å²) >= 11 is 0. The molecule has 2 amide bonds. The molecule has 1 heterocycles. The molecule has 1 N–H and O–H groups in total. The summed E-state index contributed by atoms with van der Waals surface area (Å²) in [5.41, 5.74) is -0.618. The predicted octanol–water partition coefficient (Wildman–Crippen LogP) is 6.47. The normalized spacial score (nSPS) is 20.2. The summed E-state index contributed by atoms with van der Waals surface area (Å²) in [5, 5.41) is 2.38. The smallest absolute Gasteiger partial charge is 0.236 e. The van der Waals surface area contributed by atoms with Crippen LogP contribution in [-0.2, 0) is 9.59 Å². The number of rotatable bonds is 16. The van der Waals surface area contributed by atoms with Crippen LogP contribution in [0.25, 0.3) is 0 Å². The third-order valence-corrected chi connectivity index (χ3v) is 5.51. The number of hydrogen-bond acceptors (Lipinski definition) is 2. The highest BCUT2D eigenvalue weighted by Gasteiger charge is 2.40. The summed E-state index contributed by atoms with van der Waals surface area (Å²) in [5.74, 6) is -0.307. The second-order valence-corrected chi connectivity index (χ2v) is 8.26. The van der Waals surface area contributed by atoms with Gasteiger partial charge in [0.2, 0.25) is 11.8 Å². The topological polar surface area (TPSA) is 46.2 Å². The molecule has 1 saturated heterocycles. The molecule has 0 bridgehead atoms. The second kappa shape index (κ2) is 14.0. The molecular weight excluding hydrogens is 322 g/mol. The molecule has 0 radical (unpaired) electrons. The minimum atomic E-state index is -0.618. The van der Waals surface area contributed by atoms with Crippen molar-refractivity contribution in [2.75, 3.05) is 0 Å². The van der Waals surface area contributed by atoms with Crippen LogP contribution in [0.15, 0.2) is 12.2 Å². The summed E-state index contributed by atoms with van der Waals surface area (Å²) in [7, 11) is 0. The van der Waals surface area contributed by atoms with E-state index in [2.05, 4.69) is 18.3 Å². The summed E-state index contributed by atoms with van der Waals surface area (Å²) in [6.45, 7) is 4.12. The largest absolute Gasteiger partial charge is 0.296 e. The highest BCUT2D eigenvalue weighted by molar-refractivity contribution is 6.06. The van der Waals surface area contributed by atoms with Crippen molar-refractivity contribution in [3.8, 4) is 0 Å². The van der Waals surface area contributed by atoms with Crippen molar-refractivity contribution in [1.82, 2.24) is 5.32 Å². The summed E-state index contributed by atoms with van der Waals surface area (Å²) in [6, 6.07) is 0. The highest BCUT2D eigenvalue weighted by atomic mass is 16.2. The number of allylic oxidation sites excluding steroid dienone is 1. The predicted molar refractivity (Wildman–Crippen MR) is 110 cm³/mol. The maximum atomic E-state index is 11.7. The van der Waals surface area contributed by atoms with Crippen molar-refractivity contribution < 1.29 is 9.59 Å². The van der Waals surface area contributed by atoms with E-state index in [0.29, 0.717) is 6.42 Å². The molecule has 0 aromatic carbocycles. The fourth-order valence-corrected chi connectivity index (χ4v) is 3.66. The lowest BCUT2D eigenvalue weighted by molar-refractivity contribution is -0.126. The number of unbranched alkanes of at least 4 members (excludes halogenated alkanes) is 14. The standard InChI is InChI=1S/C23H41NO2/c1-3-4-5-6-7-8-9-10-11-12-13-14-15-16-17-18-19-23(2)20-21(25)24-22(23)26/h18-19H,3-17,20H2,1-2H3,(H,24,25,26). The molecule has 0 aromatic heterocycles. The van der Waals surface area contributed by atoms with Gasteiger partial charge in [-0.3, -0.25) is 14.9 Å². The monoisotopic (exact) mass is 363 g/mol. The third kappa shape index (κ3) is 10.1. The van der Waals surface area contributed by atoms with Gasteiger partial charge in [0.25, 0.3) is 0 Å². The summed E-state index contributed by atoms with van der Waals surface area (Å²) < 4.78 is 0. The van der Waals surface area contributed by atoms with Gasteiger partial charge in [-0.1, -0.05) is 103 Å². The maximum Gasteiger partial charge on any atom is 0.236 e. The van der Waals surface area contributed by atoms with Gasteiger partial charge in [0.05, 0.1) is 5.41 Å². The number of imide groups is 1. The lowest BCUT2D eigenvalue weighted by atomic mass is 9.88. The van der Waals surface area contributed by atoms with Gasteiger partial charge in [-0.2, -0.15) is 0 Å². The minimum absolute atomic E-state index is 0.153. The molecule has 3 nitrogen and oxygen atoms in total. The van der Waals surface area contributed by atoms with Crippen LogP contribution in [0.1, 0.15) is 117 Å². The Morgan fingerprint density at radius 3 is 1.69 bits per heavy atom. The molecule has 1 aliphatic rings. The lowest BCUT2D eigenvalue weighted by Crippen LogP contribution is -2.27. The Kier molecular flexibility index (Phi) is 12.3. The molecule has 0 aliphatic carbocycles. The number of carbonyl (C=O) groups is 2. The lowest BCUT2D eigenvalue weighted by Gasteiger charge is -2.13. The zero-order valence-corrected chi connectivity index (χ0v) is 17.3. The Labute approximate surface area is 161 Å². The Balaban J connectivity index is 1.84. The van der Waals surface area contributed by atoms with Crippen molar-refractivity contribution in [3.63, 3.8) is 0 Å². The Morgan fingerprint density at radius 1 is 0.808 bits per heavy atom. The molecule has 1 unspecified atom stereocenters. The van der Waals surface area contributed by atoms with Crippen LogP contribution in [-0.4, -0.2) is 11.8 Å². The van der Waals surface area contributed by atoms with Gasteiger partial charge in [0.1, 0.15) is 0 Å². The molecule has 0 aromatic rings. The van der Waals surface area contributed by atoms with Gasteiger partial charge in [0.15, 0.2) is 0 Å². The van der Waals surface area contributed by atoms with E-state index in [0.717, 1.165) is 6.42 Å². The zero-order valence-electron chi connectivity index (χ0n) is 17.3. The molecule has 0 saturated carbocycles. The zero-order chi connectivity index (χ0) is 19.1. The van der Waals surface area contributed by atoms with Gasteiger partial charge >= 0.3 is 0 Å². The third-order valence-electron chi connectivity index (χ3n) is 5.51. The van der Waals surface area contributed by atoms with Crippen LogP contribution in [0.2, 0.25) is 0 Å². The minimum Gasteiger partial charge on any atom is -0.296 e. The molecule has 150 valence electrons. The molecular formula is C23H41NO2. The van der Waals surface area contributed by atoms with Crippen molar-refractivity contribution >= 4 is 11.8 Å². The van der Waals surface area contributed by atoms with Crippen LogP contribution in [0.4, 0.5) is 0 Å². The first-order valence-electron chi connectivity index (χ1n) is 11.1.